The molecule has 1 heterocycles. The first kappa shape index (κ1) is 20.2. The summed E-state index contributed by atoms with van der Waals surface area (Å²) in [6.45, 7) is 7.85. The van der Waals surface area contributed by atoms with E-state index in [0.29, 0.717) is 5.96 Å². The van der Waals surface area contributed by atoms with Crippen LogP contribution in [0, 0.1) is 0 Å². The minimum Gasteiger partial charge on any atom is -0.379 e. The molecule has 1 aliphatic heterocycles. The fourth-order valence-corrected chi connectivity index (χ4v) is 2.67. The van der Waals surface area contributed by atoms with Crippen LogP contribution in [-0.4, -0.2) is 82.3 Å². The predicted octanol–water partition coefficient (Wildman–Crippen LogP) is 1.13. The second-order valence-corrected chi connectivity index (χ2v) is 6.57. The Bertz CT molecular complexity index is 303. The number of nitrogens with two attached hydrogens (primary N) is 1. The van der Waals surface area contributed by atoms with E-state index in [4.69, 9.17) is 10.5 Å². The Morgan fingerprint density at radius 1 is 1.09 bits per heavy atom. The zero-order chi connectivity index (χ0) is 16.8. The average molecular weight is 328 g/mol. The number of nitrogens with zero attached hydrogens (tertiary/aromatic N) is 3. The van der Waals surface area contributed by atoms with Crippen molar-refractivity contribution in [2.75, 3.05) is 66.6 Å². The highest BCUT2D eigenvalue weighted by Crippen LogP contribution is 2.02. The van der Waals surface area contributed by atoms with Gasteiger partial charge < -0.3 is 20.7 Å². The molecule has 3 N–H and O–H groups in total. The van der Waals surface area contributed by atoms with E-state index < -0.39 is 0 Å². The first-order chi connectivity index (χ1) is 11.2. The number of ether oxygens (including phenoxy) is 1. The minimum atomic E-state index is 0.597. The molecule has 1 aliphatic rings. The van der Waals surface area contributed by atoms with Crippen molar-refractivity contribution in [3.8, 4) is 0 Å². The van der Waals surface area contributed by atoms with Crippen LogP contribution in [0.5, 0.6) is 0 Å². The van der Waals surface area contributed by atoms with Gasteiger partial charge in [-0.1, -0.05) is 19.3 Å². The second kappa shape index (κ2) is 13.6. The third kappa shape index (κ3) is 12.3. The molecular weight excluding hydrogens is 290 g/mol. The van der Waals surface area contributed by atoms with Crippen molar-refractivity contribution in [2.24, 2.45) is 10.7 Å². The van der Waals surface area contributed by atoms with E-state index in [2.05, 4.69) is 34.2 Å². The Morgan fingerprint density at radius 2 is 1.78 bits per heavy atom. The Balaban J connectivity index is 1.87. The van der Waals surface area contributed by atoms with Gasteiger partial charge >= 0.3 is 0 Å². The molecule has 1 fully saturated rings. The van der Waals surface area contributed by atoms with E-state index in [9.17, 15) is 0 Å². The summed E-state index contributed by atoms with van der Waals surface area (Å²) >= 11 is 0. The zero-order valence-corrected chi connectivity index (χ0v) is 15.2. The molecule has 1 saturated heterocycles. The molecule has 0 atom stereocenters. The van der Waals surface area contributed by atoms with Crippen molar-refractivity contribution in [1.29, 1.82) is 0 Å². The Kier molecular flexibility index (Phi) is 11.9. The van der Waals surface area contributed by atoms with Gasteiger partial charge in [0.1, 0.15) is 0 Å². The van der Waals surface area contributed by atoms with Crippen LogP contribution in [0.25, 0.3) is 0 Å². The number of rotatable bonds is 12. The molecule has 0 amide bonds. The SMILES string of the molecule is CN(C)CCCCCCCNC(N)=NCCCN1CCOCC1. The average Bonchev–Trinajstić information content (AvgIpc) is 2.55. The Morgan fingerprint density at radius 3 is 2.52 bits per heavy atom. The van der Waals surface area contributed by atoms with Gasteiger partial charge in [-0.25, -0.2) is 0 Å². The summed E-state index contributed by atoms with van der Waals surface area (Å²) in [4.78, 5) is 9.07. The number of hydrogen-bond acceptors (Lipinski definition) is 4. The molecule has 0 unspecified atom stereocenters. The van der Waals surface area contributed by atoms with Crippen molar-refractivity contribution in [3.63, 3.8) is 0 Å². The van der Waals surface area contributed by atoms with Crippen molar-refractivity contribution >= 4 is 5.96 Å². The smallest absolute Gasteiger partial charge is 0.188 e. The normalized spacial score (nSPS) is 16.9. The summed E-state index contributed by atoms with van der Waals surface area (Å²) in [6, 6.07) is 0. The molecular formula is C17H37N5O. The summed E-state index contributed by atoms with van der Waals surface area (Å²) < 4.78 is 5.34. The molecule has 136 valence electrons. The number of aliphatic imine (C=N–C) groups is 1. The molecule has 0 aromatic carbocycles. The van der Waals surface area contributed by atoms with E-state index in [1.54, 1.807) is 0 Å². The van der Waals surface area contributed by atoms with E-state index in [0.717, 1.165) is 52.4 Å². The number of hydrogen-bond donors (Lipinski definition) is 2. The molecule has 0 aliphatic carbocycles. The predicted molar refractivity (Wildman–Crippen MR) is 98.0 cm³/mol. The van der Waals surface area contributed by atoms with Crippen LogP contribution in [0.3, 0.4) is 0 Å². The van der Waals surface area contributed by atoms with Crippen LogP contribution in [0.4, 0.5) is 0 Å². The van der Waals surface area contributed by atoms with Gasteiger partial charge in [0.05, 0.1) is 13.2 Å². The van der Waals surface area contributed by atoms with Gasteiger partial charge in [0.15, 0.2) is 5.96 Å². The molecule has 1 rings (SSSR count). The van der Waals surface area contributed by atoms with Crippen LogP contribution in [0.1, 0.15) is 38.5 Å². The number of nitrogens with one attached hydrogen (secondary N) is 1. The Hall–Kier alpha value is -0.850. The van der Waals surface area contributed by atoms with E-state index in [1.165, 1.54) is 38.6 Å². The molecule has 0 radical (unpaired) electrons. The van der Waals surface area contributed by atoms with Crippen molar-refractivity contribution in [1.82, 2.24) is 15.1 Å². The molecule has 6 nitrogen and oxygen atoms in total. The molecule has 0 saturated carbocycles. The van der Waals surface area contributed by atoms with Crippen LogP contribution in [0.15, 0.2) is 4.99 Å². The van der Waals surface area contributed by atoms with Gasteiger partial charge in [-0.3, -0.25) is 9.89 Å². The van der Waals surface area contributed by atoms with Gasteiger partial charge in [-0.15, -0.1) is 0 Å². The monoisotopic (exact) mass is 327 g/mol. The summed E-state index contributed by atoms with van der Waals surface area (Å²) in [5.41, 5.74) is 5.89. The highest BCUT2D eigenvalue weighted by atomic mass is 16.5. The van der Waals surface area contributed by atoms with Crippen LogP contribution in [-0.2, 0) is 4.74 Å². The van der Waals surface area contributed by atoms with Gasteiger partial charge in [0.25, 0.3) is 0 Å². The van der Waals surface area contributed by atoms with Gasteiger partial charge in [0, 0.05) is 32.7 Å². The summed E-state index contributed by atoms with van der Waals surface area (Å²) in [7, 11) is 4.26. The fraction of sp³-hybridized carbons (Fsp3) is 0.941. The lowest BCUT2D eigenvalue weighted by molar-refractivity contribution is 0.0377. The highest BCUT2D eigenvalue weighted by Gasteiger charge is 2.08. The largest absolute Gasteiger partial charge is 0.379 e. The van der Waals surface area contributed by atoms with Gasteiger partial charge in [-0.05, 0) is 39.9 Å². The lowest BCUT2D eigenvalue weighted by Gasteiger charge is -2.26. The van der Waals surface area contributed by atoms with Crippen LogP contribution in [0.2, 0.25) is 0 Å². The van der Waals surface area contributed by atoms with Crippen molar-refractivity contribution in [2.45, 2.75) is 38.5 Å². The molecule has 0 aromatic heterocycles. The quantitative estimate of drug-likeness (QED) is 0.319. The topological polar surface area (TPSA) is 66.1 Å². The standard InChI is InChI=1S/C17H37N5O/c1-21(2)11-7-5-3-4-6-9-19-17(18)20-10-8-12-22-13-15-23-16-14-22/h3-16H2,1-2H3,(H3,18,19,20). The molecule has 0 bridgehead atoms. The maximum atomic E-state index is 5.89. The maximum Gasteiger partial charge on any atom is 0.188 e. The van der Waals surface area contributed by atoms with Crippen molar-refractivity contribution in [3.05, 3.63) is 0 Å². The molecule has 6 heteroatoms. The van der Waals surface area contributed by atoms with Gasteiger partial charge in [0.2, 0.25) is 0 Å². The van der Waals surface area contributed by atoms with Crippen LogP contribution < -0.4 is 11.1 Å². The third-order valence-electron chi connectivity index (χ3n) is 4.11. The molecule has 0 spiro atoms. The molecule has 23 heavy (non-hydrogen) atoms. The summed E-state index contributed by atoms with van der Waals surface area (Å²) in [5, 5.41) is 3.22. The van der Waals surface area contributed by atoms with Gasteiger partial charge in [-0.2, -0.15) is 0 Å². The first-order valence-corrected chi connectivity index (χ1v) is 9.17. The number of morpholine rings is 1. The summed E-state index contributed by atoms with van der Waals surface area (Å²) in [6.07, 6.45) is 7.44. The molecule has 0 aromatic rings. The first-order valence-electron chi connectivity index (χ1n) is 9.17. The Labute approximate surface area is 142 Å². The number of unbranched alkanes of at least 4 members (excludes halogenated alkanes) is 4. The lowest BCUT2D eigenvalue weighted by Crippen LogP contribution is -2.37. The van der Waals surface area contributed by atoms with E-state index >= 15 is 0 Å². The van der Waals surface area contributed by atoms with E-state index in [1.807, 2.05) is 0 Å². The lowest BCUT2D eigenvalue weighted by atomic mass is 10.1. The highest BCUT2D eigenvalue weighted by molar-refractivity contribution is 5.77. The zero-order valence-electron chi connectivity index (χ0n) is 15.2. The maximum absolute atomic E-state index is 5.89. The second-order valence-electron chi connectivity index (χ2n) is 6.57. The fourth-order valence-electron chi connectivity index (χ4n) is 2.67. The number of guanidine groups is 1. The third-order valence-corrected chi connectivity index (χ3v) is 4.11. The van der Waals surface area contributed by atoms with E-state index in [-0.39, 0.29) is 0 Å². The summed E-state index contributed by atoms with van der Waals surface area (Å²) in [5.74, 6) is 0.597. The van der Waals surface area contributed by atoms with Crippen LogP contribution >= 0.6 is 0 Å². The minimum absolute atomic E-state index is 0.597. The van der Waals surface area contributed by atoms with Crippen molar-refractivity contribution < 1.29 is 4.74 Å².